The maximum atomic E-state index is 12.5. The molecule has 6 nitrogen and oxygen atoms in total. The molecular formula is C42H83NO5. The van der Waals surface area contributed by atoms with Crippen LogP contribution in [0.3, 0.4) is 0 Å². The van der Waals surface area contributed by atoms with Crippen molar-refractivity contribution in [3.63, 3.8) is 0 Å². The summed E-state index contributed by atoms with van der Waals surface area (Å²) in [6, 6.07) is -0.987. The quantitative estimate of drug-likeness (QED) is 0.0329. The second kappa shape index (κ2) is 37.3. The van der Waals surface area contributed by atoms with E-state index in [0.717, 1.165) is 51.4 Å². The summed E-state index contributed by atoms with van der Waals surface area (Å²) >= 11 is 0. The highest BCUT2D eigenvalue weighted by molar-refractivity contribution is 5.80. The number of rotatable bonds is 38. The molecule has 0 bridgehead atoms. The molecule has 286 valence electrons. The Kier molecular flexibility index (Phi) is 36.6. The van der Waals surface area contributed by atoms with E-state index in [1.165, 1.54) is 141 Å². The first-order chi connectivity index (χ1) is 23.5. The Balaban J connectivity index is 3.71. The lowest BCUT2D eigenvalue weighted by atomic mass is 9.99. The Morgan fingerprint density at radius 1 is 0.500 bits per heavy atom. The van der Waals surface area contributed by atoms with Gasteiger partial charge >= 0.3 is 0 Å². The standard InChI is InChI=1S/C42H83NO5/c1-3-5-7-9-11-13-15-17-18-19-20-21-22-23-24-26-28-30-32-34-36-40(46)42(48)43-38(37-44)41(47)39(45)35-33-31-29-27-25-16-14-12-10-8-6-4-2/h14,16,38-41,44-47H,3-13,15,17-37H2,1-2H3,(H,43,48)/b16-14+/t38-,39+,40+,41-/m0/s1. The molecule has 1 amide bonds. The number of carbonyl (C=O) groups excluding carboxylic acids is 1. The number of hydrogen-bond donors (Lipinski definition) is 5. The summed E-state index contributed by atoms with van der Waals surface area (Å²) in [5.74, 6) is -0.587. The van der Waals surface area contributed by atoms with Gasteiger partial charge in [-0.3, -0.25) is 4.79 Å². The van der Waals surface area contributed by atoms with E-state index >= 15 is 0 Å². The van der Waals surface area contributed by atoms with Crippen molar-refractivity contribution in [1.82, 2.24) is 5.32 Å². The molecule has 0 rings (SSSR count). The van der Waals surface area contributed by atoms with Gasteiger partial charge < -0.3 is 25.7 Å². The van der Waals surface area contributed by atoms with Crippen LogP contribution in [0.25, 0.3) is 0 Å². The van der Waals surface area contributed by atoms with Crippen LogP contribution in [0.2, 0.25) is 0 Å². The molecule has 0 spiro atoms. The van der Waals surface area contributed by atoms with Gasteiger partial charge in [-0.15, -0.1) is 0 Å². The number of amides is 1. The highest BCUT2D eigenvalue weighted by atomic mass is 16.3. The van der Waals surface area contributed by atoms with Gasteiger partial charge in [-0.25, -0.2) is 0 Å². The monoisotopic (exact) mass is 682 g/mol. The minimum atomic E-state index is -1.26. The predicted octanol–water partition coefficient (Wildman–Crippen LogP) is 10.6. The molecule has 0 aromatic carbocycles. The van der Waals surface area contributed by atoms with Crippen molar-refractivity contribution in [1.29, 1.82) is 0 Å². The average Bonchev–Trinajstić information content (AvgIpc) is 3.09. The van der Waals surface area contributed by atoms with Crippen LogP contribution < -0.4 is 5.32 Å². The van der Waals surface area contributed by atoms with E-state index in [4.69, 9.17) is 0 Å². The lowest BCUT2D eigenvalue weighted by Gasteiger charge is -2.27. The molecule has 0 aliphatic carbocycles. The van der Waals surface area contributed by atoms with Crippen molar-refractivity contribution < 1.29 is 25.2 Å². The molecular weight excluding hydrogens is 598 g/mol. The van der Waals surface area contributed by atoms with Crippen molar-refractivity contribution >= 4 is 5.91 Å². The highest BCUT2D eigenvalue weighted by Gasteiger charge is 2.28. The first-order valence-corrected chi connectivity index (χ1v) is 21.1. The molecule has 5 N–H and O–H groups in total. The van der Waals surface area contributed by atoms with Gasteiger partial charge in [0.1, 0.15) is 12.2 Å². The Morgan fingerprint density at radius 2 is 0.833 bits per heavy atom. The SMILES string of the molecule is CCCCCC/C=C/CCCCCC[C@@H](O)[C@@H](O)[C@H](CO)NC(=O)[C@H](O)CCCCCCCCCCCCCCCCCCCCCC. The molecule has 0 fully saturated rings. The molecule has 0 saturated heterocycles. The van der Waals surface area contributed by atoms with Gasteiger partial charge in [0.05, 0.1) is 18.8 Å². The van der Waals surface area contributed by atoms with E-state index in [0.29, 0.717) is 12.8 Å². The van der Waals surface area contributed by atoms with E-state index in [2.05, 4.69) is 31.3 Å². The van der Waals surface area contributed by atoms with Crippen LogP contribution >= 0.6 is 0 Å². The molecule has 0 unspecified atom stereocenters. The number of carbonyl (C=O) groups is 1. The van der Waals surface area contributed by atoms with Gasteiger partial charge in [-0.05, 0) is 38.5 Å². The van der Waals surface area contributed by atoms with Crippen LogP contribution in [0, 0.1) is 0 Å². The first kappa shape index (κ1) is 47.0. The smallest absolute Gasteiger partial charge is 0.249 e. The maximum Gasteiger partial charge on any atom is 0.249 e. The van der Waals surface area contributed by atoms with Crippen LogP contribution in [0.15, 0.2) is 12.2 Å². The van der Waals surface area contributed by atoms with Gasteiger partial charge in [0, 0.05) is 0 Å². The fraction of sp³-hybridized carbons (Fsp3) is 0.929. The van der Waals surface area contributed by atoms with Crippen molar-refractivity contribution in [3.05, 3.63) is 12.2 Å². The largest absolute Gasteiger partial charge is 0.394 e. The van der Waals surface area contributed by atoms with Gasteiger partial charge in [0.2, 0.25) is 5.91 Å². The number of aliphatic hydroxyl groups is 4. The minimum absolute atomic E-state index is 0.371. The molecule has 6 heteroatoms. The van der Waals surface area contributed by atoms with Gasteiger partial charge in [0.15, 0.2) is 0 Å². The van der Waals surface area contributed by atoms with E-state index in [-0.39, 0.29) is 0 Å². The molecule has 4 atom stereocenters. The molecule has 0 aromatic rings. The number of hydrogen-bond acceptors (Lipinski definition) is 5. The number of nitrogens with one attached hydrogen (secondary N) is 1. The topological polar surface area (TPSA) is 110 Å². The molecule has 0 aromatic heterocycles. The summed E-state index contributed by atoms with van der Waals surface area (Å²) in [4.78, 5) is 12.5. The lowest BCUT2D eigenvalue weighted by molar-refractivity contribution is -0.132. The molecule has 0 aliphatic heterocycles. The second-order valence-electron chi connectivity index (χ2n) is 14.7. The third-order valence-corrected chi connectivity index (χ3v) is 9.98. The lowest BCUT2D eigenvalue weighted by Crippen LogP contribution is -2.53. The van der Waals surface area contributed by atoms with Crippen LogP contribution in [0.1, 0.15) is 219 Å². The zero-order chi connectivity index (χ0) is 35.3. The Morgan fingerprint density at radius 3 is 1.23 bits per heavy atom. The zero-order valence-electron chi connectivity index (χ0n) is 32.0. The summed E-state index contributed by atoms with van der Waals surface area (Å²) in [5.41, 5.74) is 0. The van der Waals surface area contributed by atoms with Crippen molar-refractivity contribution in [3.8, 4) is 0 Å². The maximum absolute atomic E-state index is 12.5. The minimum Gasteiger partial charge on any atom is -0.394 e. The Hall–Kier alpha value is -0.950. The fourth-order valence-electron chi connectivity index (χ4n) is 6.57. The summed E-state index contributed by atoms with van der Waals surface area (Å²) in [7, 11) is 0. The molecule has 48 heavy (non-hydrogen) atoms. The number of allylic oxidation sites excluding steroid dienone is 2. The van der Waals surface area contributed by atoms with Crippen LogP contribution in [0.4, 0.5) is 0 Å². The van der Waals surface area contributed by atoms with Gasteiger partial charge in [-0.2, -0.15) is 0 Å². The summed E-state index contributed by atoms with van der Waals surface area (Å²) in [6.07, 6.45) is 39.5. The van der Waals surface area contributed by atoms with Crippen LogP contribution in [-0.2, 0) is 4.79 Å². The van der Waals surface area contributed by atoms with Gasteiger partial charge in [-0.1, -0.05) is 193 Å². The second-order valence-corrected chi connectivity index (χ2v) is 14.7. The molecule has 0 radical (unpaired) electrons. The zero-order valence-corrected chi connectivity index (χ0v) is 32.0. The number of aliphatic hydroxyl groups excluding tert-OH is 4. The van der Waals surface area contributed by atoms with E-state index in [9.17, 15) is 25.2 Å². The van der Waals surface area contributed by atoms with Crippen LogP contribution in [0.5, 0.6) is 0 Å². The van der Waals surface area contributed by atoms with Gasteiger partial charge in [0.25, 0.3) is 0 Å². The van der Waals surface area contributed by atoms with E-state index in [1.807, 2.05) is 0 Å². The Labute approximate surface area is 298 Å². The normalized spacial score (nSPS) is 14.4. The van der Waals surface area contributed by atoms with Crippen molar-refractivity contribution in [2.24, 2.45) is 0 Å². The molecule has 0 heterocycles. The van der Waals surface area contributed by atoms with Crippen molar-refractivity contribution in [2.45, 2.75) is 244 Å². The van der Waals surface area contributed by atoms with Crippen LogP contribution in [-0.4, -0.2) is 57.3 Å². The summed E-state index contributed by atoms with van der Waals surface area (Å²) < 4.78 is 0. The molecule has 0 saturated carbocycles. The Bertz CT molecular complexity index is 687. The van der Waals surface area contributed by atoms with Crippen molar-refractivity contribution in [2.75, 3.05) is 6.61 Å². The van der Waals surface area contributed by atoms with E-state index < -0.39 is 36.9 Å². The fourth-order valence-corrected chi connectivity index (χ4v) is 6.57. The average molecular weight is 682 g/mol. The third kappa shape index (κ3) is 31.1. The first-order valence-electron chi connectivity index (χ1n) is 21.1. The predicted molar refractivity (Wildman–Crippen MR) is 205 cm³/mol. The summed E-state index contributed by atoms with van der Waals surface area (Å²) in [5, 5.41) is 43.5. The molecule has 0 aliphatic rings. The summed E-state index contributed by atoms with van der Waals surface area (Å²) in [6.45, 7) is 4.02. The highest BCUT2D eigenvalue weighted by Crippen LogP contribution is 2.16. The number of unbranched alkanes of at least 4 members (excludes halogenated alkanes) is 27. The third-order valence-electron chi connectivity index (χ3n) is 9.98. The van der Waals surface area contributed by atoms with E-state index in [1.54, 1.807) is 0 Å².